The van der Waals surface area contributed by atoms with E-state index >= 15 is 0 Å². The first-order valence-corrected chi connectivity index (χ1v) is 6.15. The molecule has 5 nitrogen and oxygen atoms in total. The molecular weight excluding hydrogens is 299 g/mol. The highest BCUT2D eigenvalue weighted by molar-refractivity contribution is 5.85. The topological polar surface area (TPSA) is 75.8 Å². The van der Waals surface area contributed by atoms with Gasteiger partial charge in [-0.15, -0.1) is 12.4 Å². The van der Waals surface area contributed by atoms with Gasteiger partial charge in [0.25, 0.3) is 0 Å². The SMILES string of the molecule is C.Cl.N[C@@H](C(=O)N1CCOCC1)[C@@H](O)c1ccc(F)cc1. The Labute approximate surface area is 130 Å². The van der Waals surface area contributed by atoms with Gasteiger partial charge in [0.05, 0.1) is 13.2 Å². The molecule has 7 heteroatoms. The highest BCUT2D eigenvalue weighted by Gasteiger charge is 2.29. The van der Waals surface area contributed by atoms with Crippen molar-refractivity contribution < 1.29 is 19.0 Å². The van der Waals surface area contributed by atoms with Crippen LogP contribution in [0.5, 0.6) is 0 Å². The largest absolute Gasteiger partial charge is 0.386 e. The summed E-state index contributed by atoms with van der Waals surface area (Å²) in [7, 11) is 0. The minimum Gasteiger partial charge on any atom is -0.386 e. The molecule has 1 aromatic carbocycles. The van der Waals surface area contributed by atoms with E-state index in [9.17, 15) is 14.3 Å². The predicted octanol–water partition coefficient (Wildman–Crippen LogP) is 1.10. The molecule has 1 saturated heterocycles. The zero-order valence-corrected chi connectivity index (χ0v) is 11.7. The molecule has 0 spiro atoms. The van der Waals surface area contributed by atoms with Crippen molar-refractivity contribution in [1.29, 1.82) is 0 Å². The molecule has 0 unspecified atom stereocenters. The van der Waals surface area contributed by atoms with Gasteiger partial charge < -0.3 is 20.5 Å². The summed E-state index contributed by atoms with van der Waals surface area (Å²) < 4.78 is 17.9. The van der Waals surface area contributed by atoms with Gasteiger partial charge in [0.15, 0.2) is 0 Å². The van der Waals surface area contributed by atoms with Crippen molar-refractivity contribution in [2.45, 2.75) is 19.6 Å². The number of hydrogen-bond acceptors (Lipinski definition) is 4. The highest BCUT2D eigenvalue weighted by Crippen LogP contribution is 2.18. The number of ether oxygens (including phenoxy) is 1. The lowest BCUT2D eigenvalue weighted by molar-refractivity contribution is -0.139. The van der Waals surface area contributed by atoms with Crippen molar-refractivity contribution in [3.05, 3.63) is 35.6 Å². The van der Waals surface area contributed by atoms with E-state index in [0.29, 0.717) is 31.9 Å². The number of benzene rings is 1. The monoisotopic (exact) mass is 320 g/mol. The number of nitrogens with two attached hydrogens (primary N) is 1. The third-order valence-corrected chi connectivity index (χ3v) is 3.16. The van der Waals surface area contributed by atoms with Crippen LogP contribution in [0.2, 0.25) is 0 Å². The second-order valence-electron chi connectivity index (χ2n) is 4.46. The number of aliphatic hydroxyl groups is 1. The van der Waals surface area contributed by atoms with Gasteiger partial charge in [-0.05, 0) is 17.7 Å². The minimum atomic E-state index is -1.14. The van der Waals surface area contributed by atoms with E-state index in [-0.39, 0.29) is 25.7 Å². The Bertz CT molecular complexity index is 438. The summed E-state index contributed by atoms with van der Waals surface area (Å²) in [6.07, 6.45) is -1.14. The predicted molar refractivity (Wildman–Crippen MR) is 80.7 cm³/mol. The fraction of sp³-hybridized carbons (Fsp3) is 0.500. The van der Waals surface area contributed by atoms with Gasteiger partial charge in [0.2, 0.25) is 5.91 Å². The Morgan fingerprint density at radius 2 is 1.81 bits per heavy atom. The molecule has 2 rings (SSSR count). The van der Waals surface area contributed by atoms with Gasteiger partial charge >= 0.3 is 0 Å². The number of nitrogens with zero attached hydrogens (tertiary/aromatic N) is 1. The number of carbonyl (C=O) groups excluding carboxylic acids is 1. The van der Waals surface area contributed by atoms with Crippen LogP contribution in [-0.2, 0) is 9.53 Å². The van der Waals surface area contributed by atoms with Crippen LogP contribution in [0.15, 0.2) is 24.3 Å². The second kappa shape index (κ2) is 8.94. The fourth-order valence-electron chi connectivity index (χ4n) is 2.00. The summed E-state index contributed by atoms with van der Waals surface area (Å²) in [4.78, 5) is 13.7. The molecule has 1 aliphatic heterocycles. The molecule has 1 aliphatic rings. The average molecular weight is 321 g/mol. The summed E-state index contributed by atoms with van der Waals surface area (Å²) in [5.74, 6) is -0.718. The number of carbonyl (C=O) groups is 1. The molecule has 0 aromatic heterocycles. The number of aliphatic hydroxyl groups excluding tert-OH is 1. The average Bonchev–Trinajstić information content (AvgIpc) is 2.46. The zero-order valence-electron chi connectivity index (χ0n) is 10.9. The number of rotatable bonds is 3. The van der Waals surface area contributed by atoms with Crippen LogP contribution in [0.1, 0.15) is 19.1 Å². The molecule has 120 valence electrons. The Hall–Kier alpha value is -1.21. The molecule has 1 amide bonds. The van der Waals surface area contributed by atoms with Gasteiger partial charge in [-0.25, -0.2) is 4.39 Å². The third kappa shape index (κ3) is 4.93. The molecular formula is C14H22ClFN2O3. The van der Waals surface area contributed by atoms with E-state index in [0.717, 1.165) is 0 Å². The lowest BCUT2D eigenvalue weighted by Gasteiger charge is -2.30. The summed E-state index contributed by atoms with van der Waals surface area (Å²) in [6.45, 7) is 1.90. The van der Waals surface area contributed by atoms with Crippen molar-refractivity contribution in [3.63, 3.8) is 0 Å². The fourth-order valence-corrected chi connectivity index (χ4v) is 2.00. The first-order valence-electron chi connectivity index (χ1n) is 6.15. The van der Waals surface area contributed by atoms with E-state index in [2.05, 4.69) is 0 Å². The van der Waals surface area contributed by atoms with Crippen LogP contribution in [0.25, 0.3) is 0 Å². The normalized spacial score (nSPS) is 17.2. The van der Waals surface area contributed by atoms with Gasteiger partial charge in [-0.3, -0.25) is 4.79 Å². The Morgan fingerprint density at radius 1 is 1.29 bits per heavy atom. The molecule has 0 aliphatic carbocycles. The van der Waals surface area contributed by atoms with Crippen LogP contribution < -0.4 is 5.73 Å². The number of morpholine rings is 1. The van der Waals surface area contributed by atoms with E-state index in [1.165, 1.54) is 24.3 Å². The maximum absolute atomic E-state index is 12.8. The van der Waals surface area contributed by atoms with Gasteiger partial charge in [-0.2, -0.15) is 0 Å². The van der Waals surface area contributed by atoms with E-state index in [1.54, 1.807) is 4.90 Å². The highest BCUT2D eigenvalue weighted by atomic mass is 35.5. The molecule has 0 bridgehead atoms. The molecule has 3 N–H and O–H groups in total. The summed E-state index contributed by atoms with van der Waals surface area (Å²) in [6, 6.07) is 4.25. The first kappa shape index (κ1) is 19.8. The van der Waals surface area contributed by atoms with Crippen molar-refractivity contribution in [2.75, 3.05) is 26.3 Å². The molecule has 21 heavy (non-hydrogen) atoms. The second-order valence-corrected chi connectivity index (χ2v) is 4.46. The Balaban J connectivity index is 0.00000200. The molecule has 2 atom stereocenters. The van der Waals surface area contributed by atoms with E-state index in [4.69, 9.17) is 10.5 Å². The molecule has 0 saturated carbocycles. The van der Waals surface area contributed by atoms with Crippen molar-refractivity contribution in [2.24, 2.45) is 5.73 Å². The Kier molecular flexibility index (Phi) is 8.43. The van der Waals surface area contributed by atoms with E-state index in [1.807, 2.05) is 0 Å². The van der Waals surface area contributed by atoms with Crippen LogP contribution in [0.4, 0.5) is 4.39 Å². The third-order valence-electron chi connectivity index (χ3n) is 3.16. The van der Waals surface area contributed by atoms with Crippen LogP contribution in [0.3, 0.4) is 0 Å². The summed E-state index contributed by atoms with van der Waals surface area (Å²) >= 11 is 0. The molecule has 1 fully saturated rings. The van der Waals surface area contributed by atoms with Gasteiger partial charge in [0.1, 0.15) is 18.0 Å². The standard InChI is InChI=1S/C13H17FN2O3.CH4.ClH/c14-10-3-1-9(2-4-10)12(17)11(15)13(18)16-5-7-19-8-6-16;;/h1-4,11-12,17H,5-8,15H2;1H4;1H/t11-,12+;;/m1../s1. The lowest BCUT2D eigenvalue weighted by Crippen LogP contribution is -2.50. The quantitative estimate of drug-likeness (QED) is 0.874. The van der Waals surface area contributed by atoms with Crippen molar-refractivity contribution in [1.82, 2.24) is 4.90 Å². The smallest absolute Gasteiger partial charge is 0.242 e. The summed E-state index contributed by atoms with van der Waals surface area (Å²) in [5, 5.41) is 10.1. The van der Waals surface area contributed by atoms with Crippen molar-refractivity contribution in [3.8, 4) is 0 Å². The van der Waals surface area contributed by atoms with Crippen LogP contribution in [-0.4, -0.2) is 48.3 Å². The van der Waals surface area contributed by atoms with E-state index < -0.39 is 18.0 Å². The van der Waals surface area contributed by atoms with Gasteiger partial charge in [0, 0.05) is 13.1 Å². The molecule has 1 heterocycles. The lowest BCUT2D eigenvalue weighted by atomic mass is 10.0. The Morgan fingerprint density at radius 3 is 2.33 bits per heavy atom. The number of halogens is 2. The molecule has 1 aromatic rings. The zero-order chi connectivity index (χ0) is 13.8. The number of hydrogen-bond donors (Lipinski definition) is 2. The van der Waals surface area contributed by atoms with Crippen molar-refractivity contribution >= 4 is 18.3 Å². The minimum absolute atomic E-state index is 0. The first-order chi connectivity index (χ1) is 9.09. The molecule has 0 radical (unpaired) electrons. The van der Waals surface area contributed by atoms with Gasteiger partial charge in [-0.1, -0.05) is 19.6 Å². The maximum Gasteiger partial charge on any atom is 0.242 e. The summed E-state index contributed by atoms with van der Waals surface area (Å²) in [5.41, 5.74) is 6.21. The van der Waals surface area contributed by atoms with Crippen LogP contribution in [0, 0.1) is 5.82 Å². The van der Waals surface area contributed by atoms with Crippen LogP contribution >= 0.6 is 12.4 Å². The maximum atomic E-state index is 12.8. The number of amides is 1.